The number of fused-ring (bicyclic) bond motifs is 1. The molecule has 1 amide bonds. The number of rotatable bonds is 6. The lowest BCUT2D eigenvalue weighted by Gasteiger charge is -2.36. The van der Waals surface area contributed by atoms with Crippen molar-refractivity contribution in [3.63, 3.8) is 0 Å². The van der Waals surface area contributed by atoms with Crippen molar-refractivity contribution in [2.45, 2.75) is 32.5 Å². The summed E-state index contributed by atoms with van der Waals surface area (Å²) in [6.07, 6.45) is 0.866. The largest absolute Gasteiger partial charge is 0.489 e. The van der Waals surface area contributed by atoms with E-state index in [0.29, 0.717) is 24.9 Å². The van der Waals surface area contributed by atoms with Crippen molar-refractivity contribution in [3.05, 3.63) is 101 Å². The molecular formula is C29H29N3O4. The van der Waals surface area contributed by atoms with Crippen molar-refractivity contribution in [1.29, 1.82) is 0 Å². The van der Waals surface area contributed by atoms with Crippen LogP contribution in [0.2, 0.25) is 0 Å². The van der Waals surface area contributed by atoms with Crippen LogP contribution in [0.1, 0.15) is 35.2 Å². The highest BCUT2D eigenvalue weighted by atomic mass is 16.5. The maximum atomic E-state index is 13.2. The molecule has 0 saturated heterocycles. The fourth-order valence-corrected chi connectivity index (χ4v) is 4.64. The first-order valence-electron chi connectivity index (χ1n) is 12.3. The minimum atomic E-state index is -1.05. The van der Waals surface area contributed by atoms with Crippen LogP contribution in [0.5, 0.6) is 5.75 Å². The number of amides is 1. The van der Waals surface area contributed by atoms with E-state index < -0.39 is 23.8 Å². The maximum absolute atomic E-state index is 13.2. The van der Waals surface area contributed by atoms with Crippen LogP contribution in [0.25, 0.3) is 0 Å². The molecular weight excluding hydrogens is 454 g/mol. The van der Waals surface area contributed by atoms with Crippen molar-refractivity contribution in [3.8, 4) is 5.75 Å². The van der Waals surface area contributed by atoms with E-state index in [1.807, 2.05) is 66.7 Å². The zero-order valence-electron chi connectivity index (χ0n) is 20.2. The van der Waals surface area contributed by atoms with E-state index in [4.69, 9.17) is 14.5 Å². The number of benzene rings is 3. The summed E-state index contributed by atoms with van der Waals surface area (Å²) in [5.74, 6) is -0.832. The van der Waals surface area contributed by atoms with Gasteiger partial charge in [-0.3, -0.25) is 14.9 Å². The van der Waals surface area contributed by atoms with Crippen LogP contribution in [-0.4, -0.2) is 35.9 Å². The van der Waals surface area contributed by atoms with E-state index in [9.17, 15) is 9.59 Å². The topological polar surface area (TPSA) is 80.2 Å². The summed E-state index contributed by atoms with van der Waals surface area (Å²) in [7, 11) is 0. The second kappa shape index (κ2) is 10.6. The number of hydrogen-bond donors (Lipinski definition) is 1. The van der Waals surface area contributed by atoms with E-state index in [1.54, 1.807) is 6.92 Å². The number of hydrogen-bond acceptors (Lipinski definition) is 6. The molecule has 0 bridgehead atoms. The summed E-state index contributed by atoms with van der Waals surface area (Å²) in [6, 6.07) is 25.0. The van der Waals surface area contributed by atoms with E-state index >= 15 is 0 Å². The van der Waals surface area contributed by atoms with Gasteiger partial charge < -0.3 is 14.4 Å². The van der Waals surface area contributed by atoms with E-state index in [-0.39, 0.29) is 6.61 Å². The van der Waals surface area contributed by atoms with Crippen molar-refractivity contribution >= 4 is 17.8 Å². The lowest BCUT2D eigenvalue weighted by atomic mass is 9.91. The molecule has 3 aromatic carbocycles. The van der Waals surface area contributed by atoms with Gasteiger partial charge >= 0.3 is 5.97 Å². The number of guanidine groups is 1. The minimum Gasteiger partial charge on any atom is -0.489 e. The van der Waals surface area contributed by atoms with E-state index in [2.05, 4.69) is 22.3 Å². The van der Waals surface area contributed by atoms with Gasteiger partial charge in [0.2, 0.25) is 11.9 Å². The second-order valence-electron chi connectivity index (χ2n) is 8.90. The molecule has 0 aromatic heterocycles. The number of esters is 1. The summed E-state index contributed by atoms with van der Waals surface area (Å²) in [6.45, 7) is 3.77. The van der Waals surface area contributed by atoms with Gasteiger partial charge in [-0.05, 0) is 47.7 Å². The number of nitrogens with zero attached hydrogens (tertiary/aromatic N) is 2. The van der Waals surface area contributed by atoms with Gasteiger partial charge in [0.15, 0.2) is 5.92 Å². The molecule has 0 aliphatic carbocycles. The molecule has 0 unspecified atom stereocenters. The average Bonchev–Trinajstić information content (AvgIpc) is 2.92. The molecule has 3 aromatic rings. The Labute approximate surface area is 210 Å². The number of carbonyl (C=O) groups is 2. The molecule has 0 saturated carbocycles. The molecule has 1 N–H and O–H groups in total. The lowest BCUT2D eigenvalue weighted by Crippen LogP contribution is -2.53. The standard InChI is InChI=1S/C29H29N3O4/c1-2-35-28(34)25-26(22-12-14-24(15-13-22)36-19-20-8-4-3-5-9-20)30-29(31-27(25)33)32-17-16-21-10-6-7-11-23(21)18-32/h3-15,25-26H,2,16-19H2,1H3,(H,30,31,33)/t25-,26-/m0/s1. The van der Waals surface area contributed by atoms with Crippen LogP contribution in [-0.2, 0) is 33.9 Å². The van der Waals surface area contributed by atoms with Crippen molar-refractivity contribution in [2.24, 2.45) is 10.9 Å². The number of nitrogens with one attached hydrogen (secondary N) is 1. The van der Waals surface area contributed by atoms with Gasteiger partial charge in [-0.25, -0.2) is 4.99 Å². The molecule has 2 heterocycles. The van der Waals surface area contributed by atoms with Gasteiger partial charge in [-0.1, -0.05) is 66.7 Å². The number of carbonyl (C=O) groups excluding carboxylic acids is 2. The van der Waals surface area contributed by atoms with Gasteiger partial charge in [0.05, 0.1) is 6.61 Å². The van der Waals surface area contributed by atoms with E-state index in [1.165, 1.54) is 11.1 Å². The predicted octanol–water partition coefficient (Wildman–Crippen LogP) is 4.03. The lowest BCUT2D eigenvalue weighted by molar-refractivity contribution is -0.153. The molecule has 184 valence electrons. The SMILES string of the molecule is CCOC(=O)[C@@H]1C(=O)NC(N2CCc3ccccc3C2)=N[C@H]1c1ccc(OCc2ccccc2)cc1. The van der Waals surface area contributed by atoms with Crippen LogP contribution in [0.3, 0.4) is 0 Å². The van der Waals surface area contributed by atoms with Gasteiger partial charge in [-0.15, -0.1) is 0 Å². The molecule has 2 atom stereocenters. The minimum absolute atomic E-state index is 0.196. The van der Waals surface area contributed by atoms with Crippen molar-refractivity contribution in [1.82, 2.24) is 10.2 Å². The summed E-state index contributed by atoms with van der Waals surface area (Å²) in [5.41, 5.74) is 4.35. The first-order valence-corrected chi connectivity index (χ1v) is 12.3. The first kappa shape index (κ1) is 23.6. The summed E-state index contributed by atoms with van der Waals surface area (Å²) in [5, 5.41) is 2.87. The van der Waals surface area contributed by atoms with Gasteiger partial charge in [0.1, 0.15) is 18.4 Å². The second-order valence-corrected chi connectivity index (χ2v) is 8.90. The summed E-state index contributed by atoms with van der Waals surface area (Å²) < 4.78 is 11.1. The highest BCUT2D eigenvalue weighted by molar-refractivity contribution is 6.08. The van der Waals surface area contributed by atoms with Gasteiger partial charge in [0.25, 0.3) is 0 Å². The average molecular weight is 484 g/mol. The highest BCUT2D eigenvalue weighted by Gasteiger charge is 2.42. The van der Waals surface area contributed by atoms with Crippen molar-refractivity contribution in [2.75, 3.05) is 13.2 Å². The Morgan fingerprint density at radius 1 is 1.00 bits per heavy atom. The quantitative estimate of drug-likeness (QED) is 0.423. The third kappa shape index (κ3) is 5.10. The van der Waals surface area contributed by atoms with Crippen LogP contribution in [0.4, 0.5) is 0 Å². The van der Waals surface area contributed by atoms with Gasteiger partial charge in [-0.2, -0.15) is 0 Å². The molecule has 0 spiro atoms. The fraction of sp³-hybridized carbons (Fsp3) is 0.276. The molecule has 36 heavy (non-hydrogen) atoms. The zero-order valence-corrected chi connectivity index (χ0v) is 20.2. The molecule has 2 aliphatic heterocycles. The Bertz CT molecular complexity index is 1260. The zero-order chi connectivity index (χ0) is 24.9. The Kier molecular flexibility index (Phi) is 6.98. The molecule has 7 nitrogen and oxygen atoms in total. The van der Waals surface area contributed by atoms with Crippen LogP contribution in [0, 0.1) is 5.92 Å². The first-order chi connectivity index (χ1) is 17.6. The van der Waals surface area contributed by atoms with Crippen LogP contribution in [0.15, 0.2) is 83.9 Å². The molecule has 7 heteroatoms. The molecule has 5 rings (SSSR count). The van der Waals surface area contributed by atoms with Crippen molar-refractivity contribution < 1.29 is 19.1 Å². The Balaban J connectivity index is 1.39. The molecule has 2 aliphatic rings. The Morgan fingerprint density at radius 3 is 2.47 bits per heavy atom. The normalized spacial score (nSPS) is 19.1. The number of ether oxygens (including phenoxy) is 2. The Morgan fingerprint density at radius 2 is 1.72 bits per heavy atom. The Hall–Kier alpha value is -4.13. The smallest absolute Gasteiger partial charge is 0.321 e. The predicted molar refractivity (Wildman–Crippen MR) is 136 cm³/mol. The monoisotopic (exact) mass is 483 g/mol. The molecule has 0 radical (unpaired) electrons. The fourth-order valence-electron chi connectivity index (χ4n) is 4.64. The van der Waals surface area contributed by atoms with Crippen LogP contribution < -0.4 is 10.1 Å². The third-order valence-corrected chi connectivity index (χ3v) is 6.54. The maximum Gasteiger partial charge on any atom is 0.321 e. The highest BCUT2D eigenvalue weighted by Crippen LogP contribution is 2.33. The van der Waals surface area contributed by atoms with Gasteiger partial charge in [0, 0.05) is 13.1 Å². The van der Waals surface area contributed by atoms with E-state index in [0.717, 1.165) is 24.1 Å². The third-order valence-electron chi connectivity index (χ3n) is 6.54. The molecule has 0 fully saturated rings. The van der Waals surface area contributed by atoms with Crippen LogP contribution >= 0.6 is 0 Å². The summed E-state index contributed by atoms with van der Waals surface area (Å²) in [4.78, 5) is 32.9. The number of aliphatic imine (C=N–C) groups is 1. The summed E-state index contributed by atoms with van der Waals surface area (Å²) >= 11 is 0.